The zero-order valence-corrected chi connectivity index (χ0v) is 15.2. The molecular formula is C19H27NO5. The fourth-order valence-electron chi connectivity index (χ4n) is 2.98. The van der Waals surface area contributed by atoms with Crippen molar-refractivity contribution in [1.82, 2.24) is 4.90 Å². The summed E-state index contributed by atoms with van der Waals surface area (Å²) in [6.45, 7) is 8.00. The molecule has 0 aromatic heterocycles. The number of ether oxygens (including phenoxy) is 3. The van der Waals surface area contributed by atoms with Crippen molar-refractivity contribution in [3.05, 3.63) is 23.8 Å². The summed E-state index contributed by atoms with van der Waals surface area (Å²) in [5.41, 5.74) is 0.538. The van der Waals surface area contributed by atoms with Crippen molar-refractivity contribution in [2.24, 2.45) is 5.92 Å². The molecule has 0 bridgehead atoms. The minimum Gasteiger partial charge on any atom is -0.490 e. The lowest BCUT2D eigenvalue weighted by Crippen LogP contribution is -2.42. The van der Waals surface area contributed by atoms with Gasteiger partial charge in [0, 0.05) is 18.7 Å². The fraction of sp³-hybridized carbons (Fsp3) is 0.579. The number of esters is 1. The van der Waals surface area contributed by atoms with Gasteiger partial charge in [-0.3, -0.25) is 9.59 Å². The fourth-order valence-corrected chi connectivity index (χ4v) is 2.98. The Kier molecular flexibility index (Phi) is 7.10. The third-order valence-electron chi connectivity index (χ3n) is 4.12. The second-order valence-corrected chi connectivity index (χ2v) is 5.87. The van der Waals surface area contributed by atoms with Crippen LogP contribution in [0.4, 0.5) is 0 Å². The summed E-state index contributed by atoms with van der Waals surface area (Å²) in [7, 11) is 0. The lowest BCUT2D eigenvalue weighted by Gasteiger charge is -2.31. The van der Waals surface area contributed by atoms with Crippen LogP contribution in [-0.2, 0) is 9.53 Å². The van der Waals surface area contributed by atoms with Gasteiger partial charge in [-0.1, -0.05) is 0 Å². The Balaban J connectivity index is 2.13. The van der Waals surface area contributed by atoms with Gasteiger partial charge in [-0.15, -0.1) is 0 Å². The predicted octanol–water partition coefficient (Wildman–Crippen LogP) is 2.90. The van der Waals surface area contributed by atoms with Crippen LogP contribution in [0.5, 0.6) is 11.5 Å². The van der Waals surface area contributed by atoms with Gasteiger partial charge in [-0.25, -0.2) is 0 Å². The zero-order chi connectivity index (χ0) is 18.2. The first kappa shape index (κ1) is 19.1. The molecule has 0 saturated carbocycles. The molecule has 1 atom stereocenters. The monoisotopic (exact) mass is 349 g/mol. The minimum atomic E-state index is -0.244. The minimum absolute atomic E-state index is 0.0991. The van der Waals surface area contributed by atoms with Crippen molar-refractivity contribution in [1.29, 1.82) is 0 Å². The first-order valence-corrected chi connectivity index (χ1v) is 8.96. The number of piperidine rings is 1. The van der Waals surface area contributed by atoms with Crippen LogP contribution >= 0.6 is 0 Å². The van der Waals surface area contributed by atoms with E-state index in [4.69, 9.17) is 14.2 Å². The van der Waals surface area contributed by atoms with Gasteiger partial charge in [0.2, 0.25) is 0 Å². The Morgan fingerprint density at radius 1 is 1.08 bits per heavy atom. The van der Waals surface area contributed by atoms with Crippen LogP contribution in [0.1, 0.15) is 44.0 Å². The van der Waals surface area contributed by atoms with E-state index in [0.717, 1.165) is 12.8 Å². The van der Waals surface area contributed by atoms with Crippen LogP contribution < -0.4 is 9.47 Å². The normalized spacial score (nSPS) is 17.1. The molecule has 1 aliphatic heterocycles. The third kappa shape index (κ3) is 4.87. The van der Waals surface area contributed by atoms with E-state index in [-0.39, 0.29) is 17.8 Å². The van der Waals surface area contributed by atoms with Gasteiger partial charge in [0.15, 0.2) is 11.5 Å². The second kappa shape index (κ2) is 9.30. The van der Waals surface area contributed by atoms with E-state index in [1.54, 1.807) is 30.0 Å². The first-order chi connectivity index (χ1) is 12.1. The molecule has 0 N–H and O–H groups in total. The lowest BCUT2D eigenvalue weighted by molar-refractivity contribution is -0.149. The zero-order valence-electron chi connectivity index (χ0n) is 15.2. The van der Waals surface area contributed by atoms with Gasteiger partial charge < -0.3 is 19.1 Å². The van der Waals surface area contributed by atoms with Gasteiger partial charge in [0.25, 0.3) is 5.91 Å². The molecule has 6 nitrogen and oxygen atoms in total. The molecule has 6 heteroatoms. The Labute approximate surface area is 149 Å². The van der Waals surface area contributed by atoms with E-state index in [1.165, 1.54) is 0 Å². The van der Waals surface area contributed by atoms with E-state index in [1.807, 2.05) is 13.8 Å². The van der Waals surface area contributed by atoms with Gasteiger partial charge >= 0.3 is 5.97 Å². The molecule has 1 aromatic rings. The molecule has 25 heavy (non-hydrogen) atoms. The van der Waals surface area contributed by atoms with E-state index in [9.17, 15) is 9.59 Å². The largest absolute Gasteiger partial charge is 0.490 e. The number of benzene rings is 1. The Morgan fingerprint density at radius 3 is 2.48 bits per heavy atom. The van der Waals surface area contributed by atoms with Gasteiger partial charge in [0.1, 0.15) is 0 Å². The topological polar surface area (TPSA) is 65.1 Å². The number of amides is 1. The molecule has 1 aromatic carbocycles. The van der Waals surface area contributed by atoms with E-state index in [2.05, 4.69) is 0 Å². The van der Waals surface area contributed by atoms with Crippen LogP contribution in [-0.4, -0.2) is 49.7 Å². The second-order valence-electron chi connectivity index (χ2n) is 5.87. The van der Waals surface area contributed by atoms with Gasteiger partial charge in [-0.05, 0) is 51.8 Å². The maximum atomic E-state index is 12.8. The molecule has 0 unspecified atom stereocenters. The van der Waals surface area contributed by atoms with Gasteiger partial charge in [0.05, 0.1) is 25.7 Å². The molecule has 2 rings (SSSR count). The summed E-state index contributed by atoms with van der Waals surface area (Å²) in [6, 6.07) is 5.21. The molecule has 0 radical (unpaired) electrons. The van der Waals surface area contributed by atoms with Crippen molar-refractivity contribution in [2.45, 2.75) is 33.6 Å². The molecule has 1 fully saturated rings. The van der Waals surface area contributed by atoms with Gasteiger partial charge in [-0.2, -0.15) is 0 Å². The van der Waals surface area contributed by atoms with Crippen molar-refractivity contribution >= 4 is 11.9 Å². The molecular weight excluding hydrogens is 322 g/mol. The number of nitrogens with zero attached hydrogens (tertiary/aromatic N) is 1. The molecule has 1 saturated heterocycles. The molecule has 138 valence electrons. The van der Waals surface area contributed by atoms with Crippen LogP contribution in [0.2, 0.25) is 0 Å². The Hall–Kier alpha value is -2.24. The van der Waals surface area contributed by atoms with Crippen LogP contribution in [0.15, 0.2) is 18.2 Å². The summed E-state index contributed by atoms with van der Waals surface area (Å²) < 4.78 is 16.2. The number of carbonyl (C=O) groups excluding carboxylic acids is 2. The Morgan fingerprint density at radius 2 is 1.80 bits per heavy atom. The number of rotatable bonds is 7. The maximum Gasteiger partial charge on any atom is 0.310 e. The van der Waals surface area contributed by atoms with Crippen molar-refractivity contribution in [3.8, 4) is 11.5 Å². The number of likely N-dealkylation sites (tertiary alicyclic amines) is 1. The first-order valence-electron chi connectivity index (χ1n) is 8.96. The third-order valence-corrected chi connectivity index (χ3v) is 4.12. The summed E-state index contributed by atoms with van der Waals surface area (Å²) in [4.78, 5) is 26.5. The molecule has 1 amide bonds. The molecule has 0 spiro atoms. The summed E-state index contributed by atoms with van der Waals surface area (Å²) in [5, 5.41) is 0. The number of carbonyl (C=O) groups is 2. The predicted molar refractivity (Wildman–Crippen MR) is 94.0 cm³/mol. The smallest absolute Gasteiger partial charge is 0.310 e. The summed E-state index contributed by atoms with van der Waals surface area (Å²) in [5.74, 6) is 0.629. The van der Waals surface area contributed by atoms with E-state index >= 15 is 0 Å². The highest BCUT2D eigenvalue weighted by molar-refractivity contribution is 5.95. The number of hydrogen-bond acceptors (Lipinski definition) is 5. The van der Waals surface area contributed by atoms with Crippen molar-refractivity contribution in [2.75, 3.05) is 32.9 Å². The van der Waals surface area contributed by atoms with Crippen LogP contribution in [0.3, 0.4) is 0 Å². The highest BCUT2D eigenvalue weighted by atomic mass is 16.5. The van der Waals surface area contributed by atoms with Crippen LogP contribution in [0.25, 0.3) is 0 Å². The highest BCUT2D eigenvalue weighted by Gasteiger charge is 2.30. The maximum absolute atomic E-state index is 12.8. The molecule has 0 aliphatic carbocycles. The standard InChI is InChI=1S/C19H27NO5/c1-4-23-16-10-9-14(12-17(16)24-5-2)18(21)20-11-7-8-15(13-20)19(22)25-6-3/h9-10,12,15H,4-8,11,13H2,1-3H3/t15-/m0/s1. The van der Waals surface area contributed by atoms with Crippen LogP contribution in [0, 0.1) is 5.92 Å². The van der Waals surface area contributed by atoms with E-state index in [0.29, 0.717) is 50.0 Å². The van der Waals surface area contributed by atoms with E-state index < -0.39 is 0 Å². The van der Waals surface area contributed by atoms with Crippen molar-refractivity contribution in [3.63, 3.8) is 0 Å². The molecule has 1 aliphatic rings. The van der Waals surface area contributed by atoms with Crippen molar-refractivity contribution < 1.29 is 23.8 Å². The average molecular weight is 349 g/mol. The lowest BCUT2D eigenvalue weighted by atomic mass is 9.97. The SMILES string of the molecule is CCOC(=O)[C@H]1CCCN(C(=O)c2ccc(OCC)c(OCC)c2)C1. The molecule has 1 heterocycles. The summed E-state index contributed by atoms with van der Waals surface area (Å²) >= 11 is 0. The number of hydrogen-bond donors (Lipinski definition) is 0. The quantitative estimate of drug-likeness (QED) is 0.708. The summed E-state index contributed by atoms with van der Waals surface area (Å²) in [6.07, 6.45) is 1.56. The highest BCUT2D eigenvalue weighted by Crippen LogP contribution is 2.29. The average Bonchev–Trinajstić information content (AvgIpc) is 2.63. The Bertz CT molecular complexity index is 601.